The topological polar surface area (TPSA) is 26.3 Å². The zero-order chi connectivity index (χ0) is 19.8. The van der Waals surface area contributed by atoms with Crippen molar-refractivity contribution in [3.63, 3.8) is 0 Å². The highest BCUT2D eigenvalue weighted by Crippen LogP contribution is 2.26. The Morgan fingerprint density at radius 2 is 1.36 bits per heavy atom. The summed E-state index contributed by atoms with van der Waals surface area (Å²) in [6.45, 7) is 4.24. The molecule has 0 aliphatic rings. The van der Waals surface area contributed by atoms with E-state index in [2.05, 4.69) is 48.5 Å². The number of aryl methyl sites for hydroxylation is 1. The summed E-state index contributed by atoms with van der Waals surface area (Å²) in [5, 5.41) is 0. The highest BCUT2D eigenvalue weighted by atomic mass is 16.5. The number of hydrogen-bond acceptors (Lipinski definition) is 2. The van der Waals surface area contributed by atoms with Gasteiger partial charge in [0.2, 0.25) is 0 Å². The first-order valence-electron chi connectivity index (χ1n) is 9.75. The van der Waals surface area contributed by atoms with Crippen molar-refractivity contribution in [2.75, 3.05) is 6.61 Å². The molecule has 0 aliphatic carbocycles. The molecule has 28 heavy (non-hydrogen) atoms. The van der Waals surface area contributed by atoms with Gasteiger partial charge >= 0.3 is 5.97 Å². The Bertz CT molecular complexity index is 923. The minimum Gasteiger partial charge on any atom is -0.463 e. The molecule has 0 N–H and O–H groups in total. The number of carbonyl (C=O) groups is 1. The maximum Gasteiger partial charge on any atom is 0.334 e. The number of allylic oxidation sites excluding steroid dienone is 1. The van der Waals surface area contributed by atoms with Crippen molar-refractivity contribution < 1.29 is 9.53 Å². The monoisotopic (exact) mass is 370 g/mol. The van der Waals surface area contributed by atoms with Crippen LogP contribution in [0.25, 0.3) is 16.7 Å². The van der Waals surface area contributed by atoms with Crippen molar-refractivity contribution in [3.8, 4) is 11.1 Å². The molecule has 3 aromatic rings. The fourth-order valence-corrected chi connectivity index (χ4v) is 3.29. The smallest absolute Gasteiger partial charge is 0.334 e. The van der Waals surface area contributed by atoms with Gasteiger partial charge in [-0.2, -0.15) is 0 Å². The summed E-state index contributed by atoms with van der Waals surface area (Å²) in [5.74, 6) is -0.219. The molecular weight excluding hydrogens is 344 g/mol. The predicted molar refractivity (Wildman–Crippen MR) is 116 cm³/mol. The minimum atomic E-state index is -0.219. The number of carbonyl (C=O) groups excluding carboxylic acids is 1. The summed E-state index contributed by atoms with van der Waals surface area (Å²) in [6.07, 6.45) is 1.48. The van der Waals surface area contributed by atoms with E-state index in [4.69, 9.17) is 4.74 Å². The van der Waals surface area contributed by atoms with E-state index >= 15 is 0 Å². The SMILES string of the molecule is CCOC(=O)/C(CCc1ccccc1)=C(/C)c1ccc(-c2ccccc2)cc1. The molecule has 0 heterocycles. The first-order chi connectivity index (χ1) is 13.7. The zero-order valence-corrected chi connectivity index (χ0v) is 16.5. The Labute approximate surface area is 167 Å². The lowest BCUT2D eigenvalue weighted by atomic mass is 9.94. The molecule has 0 fully saturated rings. The average Bonchev–Trinajstić information content (AvgIpc) is 2.75. The van der Waals surface area contributed by atoms with Crippen molar-refractivity contribution >= 4 is 11.5 Å². The molecule has 0 aromatic heterocycles. The summed E-state index contributed by atoms with van der Waals surface area (Å²) < 4.78 is 5.33. The van der Waals surface area contributed by atoms with E-state index in [9.17, 15) is 4.79 Å². The molecule has 142 valence electrons. The number of rotatable bonds is 7. The van der Waals surface area contributed by atoms with Crippen LogP contribution in [0.1, 0.15) is 31.4 Å². The van der Waals surface area contributed by atoms with Gasteiger partial charge in [0.15, 0.2) is 0 Å². The van der Waals surface area contributed by atoms with Crippen LogP contribution >= 0.6 is 0 Å². The molecule has 0 radical (unpaired) electrons. The second-order valence-electron chi connectivity index (χ2n) is 6.75. The number of benzene rings is 3. The number of esters is 1. The number of hydrogen-bond donors (Lipinski definition) is 0. The van der Waals surface area contributed by atoms with E-state index in [1.54, 1.807) is 0 Å². The fraction of sp³-hybridized carbons (Fsp3) is 0.192. The highest BCUT2D eigenvalue weighted by molar-refractivity contribution is 5.97. The van der Waals surface area contributed by atoms with E-state index in [-0.39, 0.29) is 5.97 Å². The molecule has 0 unspecified atom stereocenters. The molecule has 0 bridgehead atoms. The molecule has 0 saturated heterocycles. The summed E-state index contributed by atoms with van der Waals surface area (Å²) in [7, 11) is 0. The first-order valence-corrected chi connectivity index (χ1v) is 9.75. The minimum absolute atomic E-state index is 0.219. The standard InChI is InChI=1S/C26H26O2/c1-3-28-26(27)25(19-14-21-10-6-4-7-11-21)20(2)22-15-17-24(18-16-22)23-12-8-5-9-13-23/h4-13,15-18H,3,14,19H2,1-2H3/b25-20-. The van der Waals surface area contributed by atoms with Crippen LogP contribution in [0, 0.1) is 0 Å². The fourth-order valence-electron chi connectivity index (χ4n) is 3.29. The average molecular weight is 370 g/mol. The van der Waals surface area contributed by atoms with Crippen molar-refractivity contribution in [1.82, 2.24) is 0 Å². The van der Waals surface area contributed by atoms with Crippen molar-refractivity contribution in [2.24, 2.45) is 0 Å². The normalized spacial score (nSPS) is 11.6. The van der Waals surface area contributed by atoms with Crippen LogP contribution in [0.2, 0.25) is 0 Å². The lowest BCUT2D eigenvalue weighted by Gasteiger charge is -2.13. The van der Waals surface area contributed by atoms with Crippen LogP contribution in [-0.4, -0.2) is 12.6 Å². The molecular formula is C26H26O2. The Morgan fingerprint density at radius 1 is 0.786 bits per heavy atom. The Balaban J connectivity index is 1.86. The van der Waals surface area contributed by atoms with Gasteiger partial charge in [0.05, 0.1) is 6.61 Å². The van der Waals surface area contributed by atoms with Crippen LogP contribution in [0.15, 0.2) is 90.5 Å². The Morgan fingerprint density at radius 3 is 1.96 bits per heavy atom. The van der Waals surface area contributed by atoms with Gasteiger partial charge in [0.25, 0.3) is 0 Å². The molecule has 0 atom stereocenters. The van der Waals surface area contributed by atoms with Gasteiger partial charge in [0.1, 0.15) is 0 Å². The number of ether oxygens (including phenoxy) is 1. The lowest BCUT2D eigenvalue weighted by molar-refractivity contribution is -0.138. The zero-order valence-electron chi connectivity index (χ0n) is 16.5. The summed E-state index contributed by atoms with van der Waals surface area (Å²) in [5.41, 5.74) is 6.35. The summed E-state index contributed by atoms with van der Waals surface area (Å²) >= 11 is 0. The van der Waals surface area contributed by atoms with Crippen LogP contribution in [0.4, 0.5) is 0 Å². The van der Waals surface area contributed by atoms with Gasteiger partial charge in [-0.3, -0.25) is 0 Å². The van der Waals surface area contributed by atoms with Crippen LogP contribution in [0.5, 0.6) is 0 Å². The third-order valence-corrected chi connectivity index (χ3v) is 4.91. The van der Waals surface area contributed by atoms with Gasteiger partial charge in [-0.05, 0) is 54.5 Å². The van der Waals surface area contributed by atoms with Gasteiger partial charge in [-0.25, -0.2) is 4.79 Å². The predicted octanol–water partition coefficient (Wildman–Crippen LogP) is 6.32. The first kappa shape index (κ1) is 19.6. The third kappa shape index (κ3) is 4.98. The van der Waals surface area contributed by atoms with Crippen LogP contribution < -0.4 is 0 Å². The molecule has 3 rings (SSSR count). The molecule has 0 spiro atoms. The summed E-state index contributed by atoms with van der Waals surface area (Å²) in [4.78, 5) is 12.6. The van der Waals surface area contributed by atoms with Gasteiger partial charge in [-0.1, -0.05) is 84.9 Å². The quantitative estimate of drug-likeness (QED) is 0.359. The molecule has 0 aliphatic heterocycles. The Kier molecular flexibility index (Phi) is 6.80. The van der Waals surface area contributed by atoms with E-state index < -0.39 is 0 Å². The largest absolute Gasteiger partial charge is 0.463 e. The van der Waals surface area contributed by atoms with Crippen molar-refractivity contribution in [1.29, 1.82) is 0 Å². The van der Waals surface area contributed by atoms with E-state index in [1.807, 2.05) is 50.2 Å². The molecule has 2 nitrogen and oxygen atoms in total. The maximum absolute atomic E-state index is 12.6. The second kappa shape index (κ2) is 9.70. The molecule has 0 amide bonds. The van der Waals surface area contributed by atoms with Crippen LogP contribution in [0.3, 0.4) is 0 Å². The highest BCUT2D eigenvalue weighted by Gasteiger charge is 2.15. The lowest BCUT2D eigenvalue weighted by Crippen LogP contribution is -2.10. The van der Waals surface area contributed by atoms with Crippen molar-refractivity contribution in [3.05, 3.63) is 102 Å². The second-order valence-corrected chi connectivity index (χ2v) is 6.75. The van der Waals surface area contributed by atoms with E-state index in [0.29, 0.717) is 13.0 Å². The third-order valence-electron chi connectivity index (χ3n) is 4.91. The van der Waals surface area contributed by atoms with E-state index in [0.717, 1.165) is 23.1 Å². The molecule has 0 saturated carbocycles. The van der Waals surface area contributed by atoms with Gasteiger partial charge in [-0.15, -0.1) is 0 Å². The molecule has 3 aromatic carbocycles. The van der Waals surface area contributed by atoms with Gasteiger partial charge in [0, 0.05) is 5.57 Å². The summed E-state index contributed by atoms with van der Waals surface area (Å²) in [6, 6.07) is 28.9. The van der Waals surface area contributed by atoms with Crippen LogP contribution in [-0.2, 0) is 16.0 Å². The van der Waals surface area contributed by atoms with Crippen molar-refractivity contribution in [2.45, 2.75) is 26.7 Å². The van der Waals surface area contributed by atoms with Gasteiger partial charge < -0.3 is 4.74 Å². The molecule has 2 heteroatoms. The Hall–Kier alpha value is -3.13. The maximum atomic E-state index is 12.6. The van der Waals surface area contributed by atoms with E-state index in [1.165, 1.54) is 16.7 Å².